The monoisotopic (exact) mass is 651 g/mol. The molecule has 0 unspecified atom stereocenters. The molecule has 0 spiro atoms. The molecule has 11 nitrogen and oxygen atoms in total. The Bertz CT molecular complexity index is 1930. The van der Waals surface area contributed by atoms with Gasteiger partial charge in [-0.05, 0) is 62.1 Å². The van der Waals surface area contributed by atoms with Gasteiger partial charge < -0.3 is 20.4 Å². The third kappa shape index (κ3) is 6.29. The van der Waals surface area contributed by atoms with Crippen LogP contribution in [-0.4, -0.2) is 86.3 Å². The van der Waals surface area contributed by atoms with E-state index in [9.17, 15) is 4.79 Å². The van der Waals surface area contributed by atoms with E-state index in [1.165, 1.54) is 19.6 Å². The van der Waals surface area contributed by atoms with Crippen LogP contribution in [0.15, 0.2) is 48.9 Å². The summed E-state index contributed by atoms with van der Waals surface area (Å²) in [5.41, 5.74) is 6.80. The van der Waals surface area contributed by atoms with Crippen molar-refractivity contribution in [1.82, 2.24) is 40.2 Å². The molecule has 250 valence electrons. The van der Waals surface area contributed by atoms with Crippen molar-refractivity contribution in [1.29, 1.82) is 0 Å². The van der Waals surface area contributed by atoms with Crippen molar-refractivity contribution in [3.63, 3.8) is 0 Å². The van der Waals surface area contributed by atoms with Gasteiger partial charge in [-0.2, -0.15) is 9.49 Å². The summed E-state index contributed by atoms with van der Waals surface area (Å²) in [5.74, 6) is 1.23. The van der Waals surface area contributed by atoms with Crippen LogP contribution in [-0.2, 0) is 6.42 Å². The van der Waals surface area contributed by atoms with E-state index >= 15 is 4.39 Å². The summed E-state index contributed by atoms with van der Waals surface area (Å²) in [6.07, 6.45) is 8.03. The number of aromatic nitrogens is 6. The molecule has 0 atom stereocenters. The molecule has 0 bridgehead atoms. The highest BCUT2D eigenvalue weighted by Crippen LogP contribution is 2.31. The van der Waals surface area contributed by atoms with Crippen LogP contribution in [0, 0.1) is 31.6 Å². The number of aromatic amines is 1. The predicted octanol–water partition coefficient (Wildman–Crippen LogP) is 5.05. The maximum Gasteiger partial charge on any atom is 0.251 e. The number of pyridine rings is 1. The number of fused-ring (bicyclic) bond motifs is 1. The maximum atomic E-state index is 15.4. The molecule has 12 heteroatoms. The third-order valence-electron chi connectivity index (χ3n) is 10.2. The van der Waals surface area contributed by atoms with Crippen LogP contribution in [0.25, 0.3) is 28.2 Å². The molecule has 2 fully saturated rings. The van der Waals surface area contributed by atoms with Crippen molar-refractivity contribution in [2.24, 2.45) is 11.8 Å². The number of benzene rings is 1. The lowest BCUT2D eigenvalue weighted by molar-refractivity contribution is -0.918. The smallest absolute Gasteiger partial charge is 0.251 e. The predicted molar refractivity (Wildman–Crippen MR) is 185 cm³/mol. The SMILES string of the molecule is CCc1cc(Nc2nccn3c(-c4ccc(-c5c(C)n[nH]c5C)nc4F)cnc23)ccc1C(=O)NCC1CC[N+](C)(CC2CNC2)CC1. The van der Waals surface area contributed by atoms with E-state index in [0.29, 0.717) is 52.9 Å². The number of nitrogens with zero attached hydrogens (tertiary/aromatic N) is 6. The fourth-order valence-electron chi connectivity index (χ4n) is 7.29. The molecule has 4 N–H and O–H groups in total. The molecule has 2 saturated heterocycles. The molecule has 0 saturated carbocycles. The molecule has 0 radical (unpaired) electrons. The molecule has 5 aromatic rings. The van der Waals surface area contributed by atoms with Crippen LogP contribution in [0.4, 0.5) is 15.9 Å². The zero-order valence-electron chi connectivity index (χ0n) is 28.1. The molecule has 7 rings (SSSR count). The number of anilines is 2. The van der Waals surface area contributed by atoms with Crippen molar-refractivity contribution < 1.29 is 13.7 Å². The first-order valence-corrected chi connectivity index (χ1v) is 16.9. The zero-order chi connectivity index (χ0) is 33.4. The average Bonchev–Trinajstić information content (AvgIpc) is 3.65. The Kier molecular flexibility index (Phi) is 8.69. The molecule has 1 amide bonds. The van der Waals surface area contributed by atoms with Crippen molar-refractivity contribution >= 4 is 23.1 Å². The van der Waals surface area contributed by atoms with Crippen LogP contribution < -0.4 is 16.0 Å². The number of halogens is 1. The summed E-state index contributed by atoms with van der Waals surface area (Å²) in [7, 11) is 2.39. The van der Waals surface area contributed by atoms with Crippen LogP contribution in [0.5, 0.6) is 0 Å². The molecule has 1 aromatic carbocycles. The van der Waals surface area contributed by atoms with Crippen LogP contribution in [0.3, 0.4) is 0 Å². The summed E-state index contributed by atoms with van der Waals surface area (Å²) in [6.45, 7) is 12.4. The number of quaternary nitrogens is 1. The Morgan fingerprint density at radius 1 is 1.10 bits per heavy atom. The van der Waals surface area contributed by atoms with Gasteiger partial charge in [-0.1, -0.05) is 6.92 Å². The van der Waals surface area contributed by atoms with Gasteiger partial charge in [-0.15, -0.1) is 0 Å². The number of carbonyl (C=O) groups excluding carboxylic acids is 1. The summed E-state index contributed by atoms with van der Waals surface area (Å²) < 4.78 is 18.4. The van der Waals surface area contributed by atoms with Gasteiger partial charge >= 0.3 is 0 Å². The number of H-pyrrole nitrogens is 1. The molecular weight excluding hydrogens is 607 g/mol. The van der Waals surface area contributed by atoms with Gasteiger partial charge in [0.2, 0.25) is 5.95 Å². The number of rotatable bonds is 10. The summed E-state index contributed by atoms with van der Waals surface area (Å²) in [4.78, 5) is 26.7. The highest BCUT2D eigenvalue weighted by Gasteiger charge is 2.34. The molecule has 6 heterocycles. The summed E-state index contributed by atoms with van der Waals surface area (Å²) in [5, 5.41) is 17.1. The second-order valence-corrected chi connectivity index (χ2v) is 13.7. The van der Waals surface area contributed by atoms with E-state index in [4.69, 9.17) is 0 Å². The van der Waals surface area contributed by atoms with E-state index < -0.39 is 5.95 Å². The lowest BCUT2D eigenvalue weighted by atomic mass is 9.92. The fraction of sp³-hybridized carbons (Fsp3) is 0.417. The minimum Gasteiger partial charge on any atom is -0.352 e. The second-order valence-electron chi connectivity index (χ2n) is 13.7. The van der Waals surface area contributed by atoms with Gasteiger partial charge in [-0.25, -0.2) is 15.0 Å². The first kappa shape index (κ1) is 31.9. The van der Waals surface area contributed by atoms with E-state index in [1.54, 1.807) is 35.1 Å². The van der Waals surface area contributed by atoms with Crippen LogP contribution >= 0.6 is 0 Å². The Labute approximate surface area is 280 Å². The third-order valence-corrected chi connectivity index (χ3v) is 10.2. The maximum absolute atomic E-state index is 15.4. The van der Waals surface area contributed by atoms with E-state index in [-0.39, 0.29) is 5.91 Å². The second kappa shape index (κ2) is 13.1. The number of imidazole rings is 1. The van der Waals surface area contributed by atoms with Crippen LogP contribution in [0.2, 0.25) is 0 Å². The van der Waals surface area contributed by atoms with Crippen molar-refractivity contribution in [3.8, 4) is 22.5 Å². The number of amides is 1. The lowest BCUT2D eigenvalue weighted by Crippen LogP contribution is -2.58. The number of hydrogen-bond acceptors (Lipinski definition) is 7. The van der Waals surface area contributed by atoms with Crippen molar-refractivity contribution in [2.75, 3.05) is 51.6 Å². The van der Waals surface area contributed by atoms with E-state index in [1.807, 2.05) is 32.0 Å². The first-order valence-electron chi connectivity index (χ1n) is 16.9. The standard InChI is InChI=1S/C36H43FN10O/c1-5-26-16-27(6-7-28(26)36(48)41-19-24-10-14-47(4,15-11-24)21-25-17-38-18-25)42-34-35-40-20-31(46(35)13-12-39-34)29-8-9-30(43-33(29)37)32-22(2)44-45-23(32)3/h6-9,12-13,16,20,24-25,38H,5,10-11,14-15,17-19,21H2,1-4H3,(H2-,39,41,42,43,44,45,48)/p+1. The Balaban J connectivity index is 1.03. The first-order chi connectivity index (χ1) is 23.2. The summed E-state index contributed by atoms with van der Waals surface area (Å²) in [6, 6.07) is 9.28. The number of aryl methyl sites for hydroxylation is 3. The molecule has 48 heavy (non-hydrogen) atoms. The Morgan fingerprint density at radius 3 is 2.60 bits per heavy atom. The van der Waals surface area contributed by atoms with E-state index in [0.717, 1.165) is 64.5 Å². The molecule has 2 aliphatic heterocycles. The number of likely N-dealkylation sites (tertiary alicyclic amines) is 1. The number of piperidine rings is 1. The number of carbonyl (C=O) groups is 1. The van der Waals surface area contributed by atoms with Crippen molar-refractivity contribution in [3.05, 3.63) is 77.4 Å². The van der Waals surface area contributed by atoms with Crippen LogP contribution in [0.1, 0.15) is 47.1 Å². The highest BCUT2D eigenvalue weighted by molar-refractivity contribution is 5.96. The molecule has 4 aromatic heterocycles. The van der Waals surface area contributed by atoms with Gasteiger partial charge in [0.1, 0.15) is 0 Å². The Hall–Kier alpha value is -4.68. The molecule has 0 aliphatic carbocycles. The van der Waals surface area contributed by atoms with Gasteiger partial charge in [-0.3, -0.25) is 14.3 Å². The van der Waals surface area contributed by atoms with Gasteiger partial charge in [0.15, 0.2) is 11.5 Å². The minimum absolute atomic E-state index is 0.0281. The molecular formula is C36H44FN10O+. The zero-order valence-corrected chi connectivity index (χ0v) is 28.1. The normalized spacial score (nSPS) is 19.7. The van der Waals surface area contributed by atoms with Gasteiger partial charge in [0.05, 0.1) is 55.5 Å². The molecule has 2 aliphatic rings. The summed E-state index contributed by atoms with van der Waals surface area (Å²) >= 11 is 0. The number of nitrogens with one attached hydrogen (secondary N) is 4. The topological polar surface area (TPSA) is 125 Å². The average molecular weight is 652 g/mol. The fourth-order valence-corrected chi connectivity index (χ4v) is 7.29. The largest absolute Gasteiger partial charge is 0.352 e. The van der Waals surface area contributed by atoms with Gasteiger partial charge in [0, 0.05) is 73.3 Å². The lowest BCUT2D eigenvalue weighted by Gasteiger charge is -2.44. The van der Waals surface area contributed by atoms with E-state index in [2.05, 4.69) is 55.1 Å². The Morgan fingerprint density at radius 2 is 1.92 bits per heavy atom. The quantitative estimate of drug-likeness (QED) is 0.123. The minimum atomic E-state index is -0.593. The highest BCUT2D eigenvalue weighted by atomic mass is 19.1. The van der Waals surface area contributed by atoms with Crippen molar-refractivity contribution in [2.45, 2.75) is 40.0 Å². The number of hydrogen-bond donors (Lipinski definition) is 4. The van der Waals surface area contributed by atoms with Gasteiger partial charge in [0.25, 0.3) is 5.91 Å².